The minimum atomic E-state index is -0.863. The lowest BCUT2D eigenvalue weighted by molar-refractivity contribution is -0.384. The van der Waals surface area contributed by atoms with Gasteiger partial charge in [-0.05, 0) is 38.0 Å². The lowest BCUT2D eigenvalue weighted by Gasteiger charge is -2.23. The first-order chi connectivity index (χ1) is 15.7. The number of carbonyl (C=O) groups is 2. The maximum atomic E-state index is 12.7. The predicted octanol–water partition coefficient (Wildman–Crippen LogP) is 4.00. The normalized spacial score (nSPS) is 11.9. The van der Waals surface area contributed by atoms with Crippen molar-refractivity contribution in [2.45, 2.75) is 33.7 Å². The number of halogens is 1. The van der Waals surface area contributed by atoms with E-state index in [1.807, 2.05) is 18.7 Å². The molecule has 0 bridgehead atoms. The molecule has 9 nitrogen and oxygen atoms in total. The molecule has 0 aliphatic rings. The first-order valence-electron chi connectivity index (χ1n) is 10.6. The molecular formula is C23H28ClN5O4. The summed E-state index contributed by atoms with van der Waals surface area (Å²) < 4.78 is 0. The summed E-state index contributed by atoms with van der Waals surface area (Å²) in [6, 6.07) is 10.2. The van der Waals surface area contributed by atoms with Gasteiger partial charge in [-0.3, -0.25) is 19.7 Å². The average Bonchev–Trinajstić information content (AvgIpc) is 2.78. The molecule has 0 heterocycles. The lowest BCUT2D eigenvalue weighted by atomic mass is 10.0. The van der Waals surface area contributed by atoms with Crippen LogP contribution in [0.15, 0.2) is 47.6 Å². The third-order valence-electron chi connectivity index (χ3n) is 5.06. The first-order valence-corrected chi connectivity index (χ1v) is 11.0. The van der Waals surface area contributed by atoms with E-state index in [4.69, 9.17) is 11.6 Å². The van der Waals surface area contributed by atoms with Crippen LogP contribution in [0, 0.1) is 16.0 Å². The third-order valence-corrected chi connectivity index (χ3v) is 5.39. The zero-order valence-corrected chi connectivity index (χ0v) is 19.8. The van der Waals surface area contributed by atoms with Crippen LogP contribution in [-0.2, 0) is 4.79 Å². The van der Waals surface area contributed by atoms with Crippen molar-refractivity contribution in [3.8, 4) is 0 Å². The largest absolute Gasteiger partial charge is 0.372 e. The fourth-order valence-electron chi connectivity index (χ4n) is 3.25. The first kappa shape index (κ1) is 25.8. The van der Waals surface area contributed by atoms with Crippen LogP contribution in [0.5, 0.6) is 0 Å². The molecular weight excluding hydrogens is 446 g/mol. The predicted molar refractivity (Wildman–Crippen MR) is 130 cm³/mol. The Kier molecular flexibility index (Phi) is 9.35. The summed E-state index contributed by atoms with van der Waals surface area (Å²) in [7, 11) is 0. The van der Waals surface area contributed by atoms with Gasteiger partial charge in [0.1, 0.15) is 6.04 Å². The second kappa shape index (κ2) is 12.0. The van der Waals surface area contributed by atoms with Crippen LogP contribution in [0.25, 0.3) is 0 Å². The van der Waals surface area contributed by atoms with Crippen LogP contribution in [0.3, 0.4) is 0 Å². The number of hydrogen-bond donors (Lipinski definition) is 2. The molecule has 0 saturated carbocycles. The zero-order valence-electron chi connectivity index (χ0n) is 19.0. The van der Waals surface area contributed by atoms with Crippen LogP contribution >= 0.6 is 11.6 Å². The Hall–Kier alpha value is -3.46. The van der Waals surface area contributed by atoms with Gasteiger partial charge in [0.15, 0.2) is 0 Å². The highest BCUT2D eigenvalue weighted by Gasteiger charge is 2.25. The standard InChI is InChI=1S/C23H28ClN5O4/c1-5-28(6-2)20-12-11-17(29(32)33)13-16(20)14-25-27-23(31)21(15(3)4)26-22(30)18-9-7-8-10-19(18)24/h7-15,21H,5-6H2,1-4H3,(H,26,30)(H,27,31). The van der Waals surface area contributed by atoms with E-state index in [2.05, 4.69) is 15.8 Å². The Bertz CT molecular complexity index is 1040. The molecule has 0 saturated heterocycles. The van der Waals surface area contributed by atoms with E-state index >= 15 is 0 Å². The van der Waals surface area contributed by atoms with Crippen molar-refractivity contribution in [2.75, 3.05) is 18.0 Å². The number of nitrogens with zero attached hydrogens (tertiary/aromatic N) is 3. The van der Waals surface area contributed by atoms with Crippen LogP contribution in [0.2, 0.25) is 5.02 Å². The number of nitrogens with one attached hydrogen (secondary N) is 2. The molecule has 0 radical (unpaired) electrons. The quantitative estimate of drug-likeness (QED) is 0.307. The van der Waals surface area contributed by atoms with E-state index in [-0.39, 0.29) is 22.2 Å². The molecule has 2 aromatic carbocycles. The highest BCUT2D eigenvalue weighted by Crippen LogP contribution is 2.24. The molecule has 2 N–H and O–H groups in total. The molecule has 2 amide bonds. The van der Waals surface area contributed by atoms with Gasteiger partial charge >= 0.3 is 0 Å². The molecule has 0 aromatic heterocycles. The molecule has 2 rings (SSSR count). The molecule has 176 valence electrons. The molecule has 33 heavy (non-hydrogen) atoms. The van der Waals surface area contributed by atoms with Crippen molar-refractivity contribution < 1.29 is 14.5 Å². The minimum Gasteiger partial charge on any atom is -0.372 e. The number of anilines is 1. The number of nitro benzene ring substituents is 1. The van der Waals surface area contributed by atoms with Gasteiger partial charge in [0, 0.05) is 36.5 Å². The molecule has 0 aliphatic heterocycles. The summed E-state index contributed by atoms with van der Waals surface area (Å²) in [4.78, 5) is 38.1. The molecule has 2 aromatic rings. The maximum Gasteiger partial charge on any atom is 0.270 e. The van der Waals surface area contributed by atoms with Gasteiger partial charge in [-0.15, -0.1) is 0 Å². The van der Waals surface area contributed by atoms with Gasteiger partial charge in [-0.2, -0.15) is 5.10 Å². The fourth-order valence-corrected chi connectivity index (χ4v) is 3.47. The van der Waals surface area contributed by atoms with E-state index in [0.717, 1.165) is 5.69 Å². The summed E-state index contributed by atoms with van der Waals surface area (Å²) in [6.45, 7) is 8.93. The Morgan fingerprint density at radius 2 is 1.85 bits per heavy atom. The van der Waals surface area contributed by atoms with Gasteiger partial charge in [0.05, 0.1) is 21.7 Å². The summed E-state index contributed by atoms with van der Waals surface area (Å²) in [6.07, 6.45) is 1.37. The van der Waals surface area contributed by atoms with Crippen LogP contribution in [0.4, 0.5) is 11.4 Å². The van der Waals surface area contributed by atoms with Crippen LogP contribution < -0.4 is 15.6 Å². The lowest BCUT2D eigenvalue weighted by Crippen LogP contribution is -2.48. The van der Waals surface area contributed by atoms with Gasteiger partial charge in [0.25, 0.3) is 17.5 Å². The van der Waals surface area contributed by atoms with Gasteiger partial charge in [-0.1, -0.05) is 37.6 Å². The molecule has 0 aliphatic carbocycles. The number of amides is 2. The monoisotopic (exact) mass is 473 g/mol. The van der Waals surface area contributed by atoms with Gasteiger partial charge in [0.2, 0.25) is 0 Å². The molecule has 1 atom stereocenters. The Morgan fingerprint density at radius 3 is 2.42 bits per heavy atom. The van der Waals surface area contributed by atoms with E-state index in [1.54, 1.807) is 44.2 Å². The number of rotatable bonds is 10. The van der Waals surface area contributed by atoms with E-state index in [9.17, 15) is 19.7 Å². The average molecular weight is 474 g/mol. The SMILES string of the molecule is CCN(CC)c1ccc([N+](=O)[O-])cc1C=NNC(=O)C(NC(=O)c1ccccc1Cl)C(C)C. The fraction of sp³-hybridized carbons (Fsp3) is 0.348. The second-order valence-electron chi connectivity index (χ2n) is 7.58. The molecule has 0 spiro atoms. The molecule has 10 heteroatoms. The molecule has 1 unspecified atom stereocenters. The maximum absolute atomic E-state index is 12.7. The van der Waals surface area contributed by atoms with Crippen LogP contribution in [0.1, 0.15) is 43.6 Å². The van der Waals surface area contributed by atoms with Crippen molar-refractivity contribution in [3.05, 3.63) is 68.7 Å². The van der Waals surface area contributed by atoms with E-state index in [0.29, 0.717) is 18.7 Å². The van der Waals surface area contributed by atoms with Crippen molar-refractivity contribution in [3.63, 3.8) is 0 Å². The van der Waals surface area contributed by atoms with Crippen LogP contribution in [-0.4, -0.2) is 42.1 Å². The summed E-state index contributed by atoms with van der Waals surface area (Å²) >= 11 is 6.08. The third kappa shape index (κ3) is 6.76. The van der Waals surface area contributed by atoms with Gasteiger partial charge in [-0.25, -0.2) is 5.43 Å². The number of benzene rings is 2. The highest BCUT2D eigenvalue weighted by atomic mass is 35.5. The Balaban J connectivity index is 2.20. The van der Waals surface area contributed by atoms with Crippen molar-refractivity contribution in [1.82, 2.24) is 10.7 Å². The second-order valence-corrected chi connectivity index (χ2v) is 7.99. The highest BCUT2D eigenvalue weighted by molar-refractivity contribution is 6.33. The molecule has 0 fully saturated rings. The Morgan fingerprint density at radius 1 is 1.18 bits per heavy atom. The Labute approximate surface area is 198 Å². The summed E-state index contributed by atoms with van der Waals surface area (Å²) in [5.41, 5.74) is 3.87. The zero-order chi connectivity index (χ0) is 24.5. The summed E-state index contributed by atoms with van der Waals surface area (Å²) in [5, 5.41) is 18.2. The number of hydrazone groups is 1. The number of nitro groups is 1. The van der Waals surface area contributed by atoms with Crippen molar-refractivity contribution in [2.24, 2.45) is 11.0 Å². The van der Waals surface area contributed by atoms with Crippen molar-refractivity contribution >= 4 is 41.0 Å². The number of non-ortho nitro benzene ring substituents is 1. The van der Waals surface area contributed by atoms with Gasteiger partial charge < -0.3 is 10.2 Å². The van der Waals surface area contributed by atoms with Crippen molar-refractivity contribution in [1.29, 1.82) is 0 Å². The number of hydrogen-bond acceptors (Lipinski definition) is 6. The van der Waals surface area contributed by atoms with E-state index in [1.165, 1.54) is 18.3 Å². The smallest absolute Gasteiger partial charge is 0.270 e. The summed E-state index contributed by atoms with van der Waals surface area (Å²) in [5.74, 6) is -1.21. The van der Waals surface area contributed by atoms with E-state index < -0.39 is 22.8 Å². The minimum absolute atomic E-state index is 0.0780. The number of carbonyl (C=O) groups excluding carboxylic acids is 2. The topological polar surface area (TPSA) is 117 Å².